The Morgan fingerprint density at radius 2 is 1.60 bits per heavy atom. The molecule has 8 heteroatoms. The molecular formula is C27H34N2O6. The number of alkyl carbamates (subject to hydrolysis) is 1. The van der Waals surface area contributed by atoms with E-state index in [1.807, 2.05) is 50.2 Å². The van der Waals surface area contributed by atoms with E-state index in [1.54, 1.807) is 0 Å². The second-order valence-electron chi connectivity index (χ2n) is 9.59. The Kier molecular flexibility index (Phi) is 8.51. The number of methoxy groups -OCH3 is 1. The fraction of sp³-hybridized carbons (Fsp3) is 0.444. The van der Waals surface area contributed by atoms with Gasteiger partial charge in [0.05, 0.1) is 12.5 Å². The van der Waals surface area contributed by atoms with Crippen LogP contribution in [0.2, 0.25) is 0 Å². The van der Waals surface area contributed by atoms with Crippen LogP contribution in [0.5, 0.6) is 0 Å². The molecule has 2 aromatic carbocycles. The maximum absolute atomic E-state index is 12.9. The van der Waals surface area contributed by atoms with Gasteiger partial charge in [-0.1, -0.05) is 62.4 Å². The molecule has 0 fully saturated rings. The van der Waals surface area contributed by atoms with Crippen molar-refractivity contribution >= 4 is 18.0 Å². The predicted molar refractivity (Wildman–Crippen MR) is 132 cm³/mol. The van der Waals surface area contributed by atoms with E-state index in [1.165, 1.54) is 14.0 Å². The number of nitrogens with one attached hydrogen (secondary N) is 2. The number of ether oxygens (including phenoxy) is 2. The minimum atomic E-state index is -1.43. The van der Waals surface area contributed by atoms with E-state index in [9.17, 15) is 19.5 Å². The van der Waals surface area contributed by atoms with Gasteiger partial charge in [-0.15, -0.1) is 0 Å². The summed E-state index contributed by atoms with van der Waals surface area (Å²) in [6, 6.07) is 16.0. The molecule has 1 aliphatic carbocycles. The number of carboxylic acid groups (broad SMARTS) is 1. The number of amides is 2. The molecule has 2 unspecified atom stereocenters. The largest absolute Gasteiger partial charge is 0.481 e. The van der Waals surface area contributed by atoms with Crippen LogP contribution in [-0.4, -0.2) is 55.5 Å². The van der Waals surface area contributed by atoms with E-state index in [-0.39, 0.29) is 31.6 Å². The summed E-state index contributed by atoms with van der Waals surface area (Å²) in [5.41, 5.74) is 2.98. The van der Waals surface area contributed by atoms with Gasteiger partial charge in [-0.05, 0) is 41.5 Å². The topological polar surface area (TPSA) is 114 Å². The van der Waals surface area contributed by atoms with Gasteiger partial charge in [0.25, 0.3) is 0 Å². The van der Waals surface area contributed by atoms with Crippen LogP contribution in [0.3, 0.4) is 0 Å². The molecule has 188 valence electrons. The number of hydrogen-bond acceptors (Lipinski definition) is 5. The van der Waals surface area contributed by atoms with E-state index in [0.717, 1.165) is 22.3 Å². The predicted octanol–water partition coefficient (Wildman–Crippen LogP) is 3.79. The van der Waals surface area contributed by atoms with Crippen molar-refractivity contribution in [1.29, 1.82) is 0 Å². The number of fused-ring (bicyclic) bond motifs is 3. The molecule has 0 saturated heterocycles. The van der Waals surface area contributed by atoms with Gasteiger partial charge < -0.3 is 25.2 Å². The van der Waals surface area contributed by atoms with E-state index in [4.69, 9.17) is 9.47 Å². The highest BCUT2D eigenvalue weighted by Gasteiger charge is 2.37. The highest BCUT2D eigenvalue weighted by atomic mass is 16.5. The first-order chi connectivity index (χ1) is 16.7. The zero-order chi connectivity index (χ0) is 25.6. The van der Waals surface area contributed by atoms with Crippen molar-refractivity contribution in [2.75, 3.05) is 26.9 Å². The Bertz CT molecular complexity index is 1020. The number of aliphatic carboxylic acids is 1. The van der Waals surface area contributed by atoms with Gasteiger partial charge in [-0.2, -0.15) is 0 Å². The fourth-order valence-corrected chi connectivity index (χ4v) is 4.56. The molecule has 0 saturated carbocycles. The van der Waals surface area contributed by atoms with Gasteiger partial charge in [0, 0.05) is 19.6 Å². The zero-order valence-corrected chi connectivity index (χ0v) is 20.7. The minimum Gasteiger partial charge on any atom is -0.481 e. The Labute approximate surface area is 206 Å². The summed E-state index contributed by atoms with van der Waals surface area (Å²) in [6.45, 7) is 5.32. The van der Waals surface area contributed by atoms with Crippen molar-refractivity contribution < 1.29 is 29.0 Å². The SMILES string of the molecule is COCC(C)(NC(=O)OCC1c2ccccc2-c2ccccc21)C(=O)NCC(CC(C)C)C(=O)O. The summed E-state index contributed by atoms with van der Waals surface area (Å²) >= 11 is 0. The van der Waals surface area contributed by atoms with Crippen molar-refractivity contribution in [3.63, 3.8) is 0 Å². The number of carboxylic acids is 1. The Morgan fingerprint density at radius 3 is 2.11 bits per heavy atom. The first-order valence-electron chi connectivity index (χ1n) is 11.8. The van der Waals surface area contributed by atoms with Crippen molar-refractivity contribution in [3.05, 3.63) is 59.7 Å². The highest BCUT2D eigenvalue weighted by Crippen LogP contribution is 2.44. The van der Waals surface area contributed by atoms with E-state index < -0.39 is 29.4 Å². The Balaban J connectivity index is 1.64. The maximum atomic E-state index is 12.9. The molecule has 35 heavy (non-hydrogen) atoms. The normalized spacial score (nSPS) is 15.0. The Hall–Kier alpha value is -3.39. The first kappa shape index (κ1) is 26.2. The van der Waals surface area contributed by atoms with Gasteiger partial charge >= 0.3 is 12.1 Å². The van der Waals surface area contributed by atoms with Crippen molar-refractivity contribution in [2.45, 2.75) is 38.6 Å². The molecule has 2 atom stereocenters. The lowest BCUT2D eigenvalue weighted by Crippen LogP contribution is -2.60. The molecule has 0 radical (unpaired) electrons. The van der Waals surface area contributed by atoms with Gasteiger partial charge in [-0.3, -0.25) is 9.59 Å². The van der Waals surface area contributed by atoms with Crippen LogP contribution >= 0.6 is 0 Å². The molecule has 3 rings (SSSR count). The average Bonchev–Trinajstić information content (AvgIpc) is 3.13. The summed E-state index contributed by atoms with van der Waals surface area (Å²) in [6.07, 6.45) is -0.324. The summed E-state index contributed by atoms with van der Waals surface area (Å²) in [7, 11) is 1.42. The Morgan fingerprint density at radius 1 is 1.03 bits per heavy atom. The molecule has 0 bridgehead atoms. The molecule has 0 aromatic heterocycles. The van der Waals surface area contributed by atoms with Crippen LogP contribution < -0.4 is 10.6 Å². The highest BCUT2D eigenvalue weighted by molar-refractivity contribution is 5.90. The molecule has 0 heterocycles. The summed E-state index contributed by atoms with van der Waals surface area (Å²) in [4.78, 5) is 37.2. The van der Waals surface area contributed by atoms with Gasteiger partial charge in [-0.25, -0.2) is 4.79 Å². The molecule has 0 aliphatic heterocycles. The van der Waals surface area contributed by atoms with Crippen LogP contribution in [0.4, 0.5) is 4.79 Å². The first-order valence-corrected chi connectivity index (χ1v) is 11.8. The van der Waals surface area contributed by atoms with Gasteiger partial charge in [0.1, 0.15) is 12.1 Å². The molecule has 8 nitrogen and oxygen atoms in total. The lowest BCUT2D eigenvalue weighted by molar-refractivity contribution is -0.142. The second-order valence-corrected chi connectivity index (χ2v) is 9.59. The third kappa shape index (κ3) is 6.19. The van der Waals surface area contributed by atoms with Gasteiger partial charge in [0.2, 0.25) is 5.91 Å². The smallest absolute Gasteiger partial charge is 0.408 e. The van der Waals surface area contributed by atoms with Gasteiger partial charge in [0.15, 0.2) is 0 Å². The lowest BCUT2D eigenvalue weighted by atomic mass is 9.96. The average molecular weight is 483 g/mol. The molecule has 1 aliphatic rings. The minimum absolute atomic E-state index is 0.0436. The number of carbonyl (C=O) groups excluding carboxylic acids is 2. The van der Waals surface area contributed by atoms with Crippen LogP contribution in [-0.2, 0) is 19.1 Å². The lowest BCUT2D eigenvalue weighted by Gasteiger charge is -2.29. The number of hydrogen-bond donors (Lipinski definition) is 3. The van der Waals surface area contributed by atoms with Crippen LogP contribution in [0.1, 0.15) is 44.2 Å². The van der Waals surface area contributed by atoms with Crippen molar-refractivity contribution in [3.8, 4) is 11.1 Å². The third-order valence-electron chi connectivity index (χ3n) is 6.27. The van der Waals surface area contributed by atoms with Crippen molar-refractivity contribution in [1.82, 2.24) is 10.6 Å². The maximum Gasteiger partial charge on any atom is 0.408 e. The number of rotatable bonds is 11. The van der Waals surface area contributed by atoms with Crippen LogP contribution in [0.15, 0.2) is 48.5 Å². The molecular weight excluding hydrogens is 448 g/mol. The van der Waals surface area contributed by atoms with E-state index >= 15 is 0 Å². The molecule has 3 N–H and O–H groups in total. The van der Waals surface area contributed by atoms with E-state index in [2.05, 4.69) is 22.8 Å². The second kappa shape index (κ2) is 11.4. The van der Waals surface area contributed by atoms with E-state index in [0.29, 0.717) is 6.42 Å². The number of benzene rings is 2. The molecule has 0 spiro atoms. The molecule has 2 amide bonds. The summed E-state index contributed by atoms with van der Waals surface area (Å²) in [5, 5.41) is 14.7. The standard InChI is InChI=1S/C27H34N2O6/c1-17(2)13-18(24(30)31)14-28-25(32)27(3,16-34-4)29-26(33)35-15-23-21-11-7-5-9-19(21)20-10-6-8-12-22(20)23/h5-12,17-18,23H,13-16H2,1-4H3,(H,28,32)(H,29,33)(H,30,31). The quantitative estimate of drug-likeness (QED) is 0.449. The fourth-order valence-electron chi connectivity index (χ4n) is 4.56. The van der Waals surface area contributed by atoms with Crippen LogP contribution in [0, 0.1) is 11.8 Å². The third-order valence-corrected chi connectivity index (χ3v) is 6.27. The summed E-state index contributed by atoms with van der Waals surface area (Å²) in [5.74, 6) is -2.18. The van der Waals surface area contributed by atoms with Crippen molar-refractivity contribution in [2.24, 2.45) is 11.8 Å². The molecule has 2 aromatic rings. The monoisotopic (exact) mass is 482 g/mol. The zero-order valence-electron chi connectivity index (χ0n) is 20.7. The summed E-state index contributed by atoms with van der Waals surface area (Å²) < 4.78 is 10.7. The number of carbonyl (C=O) groups is 3. The van der Waals surface area contributed by atoms with Crippen LogP contribution in [0.25, 0.3) is 11.1 Å².